The molecule has 1 atom stereocenters. The highest BCUT2D eigenvalue weighted by Gasteiger charge is 2.10. The summed E-state index contributed by atoms with van der Waals surface area (Å²) in [6.07, 6.45) is 0. The van der Waals surface area contributed by atoms with Crippen molar-refractivity contribution < 1.29 is 4.74 Å². The molecule has 2 nitrogen and oxygen atoms in total. The Morgan fingerprint density at radius 1 is 0.952 bits per heavy atom. The van der Waals surface area contributed by atoms with Crippen molar-refractivity contribution in [1.29, 1.82) is 0 Å². The molecule has 0 aromatic heterocycles. The molecule has 3 aromatic carbocycles. The largest absolute Gasteiger partial charge is 0.492 e. The van der Waals surface area contributed by atoms with Crippen LogP contribution in [-0.4, -0.2) is 6.61 Å². The fourth-order valence-corrected chi connectivity index (χ4v) is 2.55. The first-order valence-corrected chi connectivity index (χ1v) is 7.17. The Hall–Kier alpha value is -2.32. The molecule has 2 heteroatoms. The number of hydrogen-bond donors (Lipinski definition) is 1. The Morgan fingerprint density at radius 3 is 2.57 bits per heavy atom. The van der Waals surface area contributed by atoms with Gasteiger partial charge in [-0.05, 0) is 41.0 Å². The zero-order valence-electron chi connectivity index (χ0n) is 12.1. The Bertz CT molecular complexity index is 746. The van der Waals surface area contributed by atoms with Gasteiger partial charge in [0.05, 0.1) is 6.04 Å². The number of aryl methyl sites for hydroxylation is 1. The first kappa shape index (κ1) is 13.7. The van der Waals surface area contributed by atoms with Crippen molar-refractivity contribution in [2.75, 3.05) is 6.61 Å². The summed E-state index contributed by atoms with van der Waals surface area (Å²) in [6.45, 7) is 2.52. The Balaban J connectivity index is 1.79. The van der Waals surface area contributed by atoms with Gasteiger partial charge in [0, 0.05) is 0 Å². The van der Waals surface area contributed by atoms with Crippen molar-refractivity contribution in [1.82, 2.24) is 0 Å². The SMILES string of the molecule is Cc1cccc(OC[C@@H](N)c2cccc3ccccc23)c1. The van der Waals surface area contributed by atoms with Crippen LogP contribution in [0, 0.1) is 6.92 Å². The summed E-state index contributed by atoms with van der Waals surface area (Å²) in [4.78, 5) is 0. The van der Waals surface area contributed by atoms with Crippen LogP contribution in [0.5, 0.6) is 5.75 Å². The smallest absolute Gasteiger partial charge is 0.119 e. The Kier molecular flexibility index (Phi) is 3.89. The summed E-state index contributed by atoms with van der Waals surface area (Å²) < 4.78 is 5.83. The lowest BCUT2D eigenvalue weighted by atomic mass is 10.00. The molecular formula is C19H19NO. The molecule has 0 aliphatic heterocycles. The van der Waals surface area contributed by atoms with Crippen LogP contribution in [0.1, 0.15) is 17.2 Å². The quantitative estimate of drug-likeness (QED) is 0.774. The van der Waals surface area contributed by atoms with Gasteiger partial charge in [0.25, 0.3) is 0 Å². The zero-order chi connectivity index (χ0) is 14.7. The van der Waals surface area contributed by atoms with E-state index in [0.717, 1.165) is 11.3 Å². The van der Waals surface area contributed by atoms with Gasteiger partial charge in [-0.3, -0.25) is 0 Å². The van der Waals surface area contributed by atoms with E-state index in [-0.39, 0.29) is 6.04 Å². The van der Waals surface area contributed by atoms with Crippen LogP contribution >= 0.6 is 0 Å². The monoisotopic (exact) mass is 277 g/mol. The molecule has 0 aliphatic rings. The van der Waals surface area contributed by atoms with E-state index in [0.29, 0.717) is 6.61 Å². The molecule has 0 aliphatic carbocycles. The average molecular weight is 277 g/mol. The first-order valence-electron chi connectivity index (χ1n) is 7.17. The van der Waals surface area contributed by atoms with E-state index in [2.05, 4.69) is 37.3 Å². The maximum absolute atomic E-state index is 6.32. The zero-order valence-corrected chi connectivity index (χ0v) is 12.1. The number of fused-ring (bicyclic) bond motifs is 1. The molecular weight excluding hydrogens is 258 g/mol. The van der Waals surface area contributed by atoms with Crippen molar-refractivity contribution in [3.63, 3.8) is 0 Å². The lowest BCUT2D eigenvalue weighted by Gasteiger charge is -2.16. The minimum Gasteiger partial charge on any atom is -0.492 e. The Labute approximate surface area is 125 Å². The van der Waals surface area contributed by atoms with Gasteiger partial charge in [0.1, 0.15) is 12.4 Å². The van der Waals surface area contributed by atoms with Crippen LogP contribution in [0.15, 0.2) is 66.7 Å². The van der Waals surface area contributed by atoms with Crippen LogP contribution in [0.3, 0.4) is 0 Å². The van der Waals surface area contributed by atoms with Crippen molar-refractivity contribution in [2.24, 2.45) is 5.73 Å². The van der Waals surface area contributed by atoms with Crippen molar-refractivity contribution in [3.05, 3.63) is 77.9 Å². The van der Waals surface area contributed by atoms with E-state index < -0.39 is 0 Å². The number of hydrogen-bond acceptors (Lipinski definition) is 2. The van der Waals surface area contributed by atoms with Crippen LogP contribution in [-0.2, 0) is 0 Å². The summed E-state index contributed by atoms with van der Waals surface area (Å²) >= 11 is 0. The van der Waals surface area contributed by atoms with Gasteiger partial charge in [0.2, 0.25) is 0 Å². The number of benzene rings is 3. The fourth-order valence-electron chi connectivity index (χ4n) is 2.55. The molecule has 106 valence electrons. The number of nitrogens with two attached hydrogens (primary N) is 1. The molecule has 2 N–H and O–H groups in total. The number of ether oxygens (including phenoxy) is 1. The van der Waals surface area contributed by atoms with E-state index in [4.69, 9.17) is 10.5 Å². The van der Waals surface area contributed by atoms with Gasteiger partial charge < -0.3 is 10.5 Å². The average Bonchev–Trinajstić information content (AvgIpc) is 2.52. The summed E-state index contributed by atoms with van der Waals surface area (Å²) in [6, 6.07) is 22.4. The first-order chi connectivity index (χ1) is 10.2. The molecule has 0 saturated carbocycles. The highest BCUT2D eigenvalue weighted by molar-refractivity contribution is 5.86. The van der Waals surface area contributed by atoms with Crippen LogP contribution < -0.4 is 10.5 Å². The maximum atomic E-state index is 6.32. The topological polar surface area (TPSA) is 35.2 Å². The molecule has 3 rings (SSSR count). The summed E-state index contributed by atoms with van der Waals surface area (Å²) in [5.41, 5.74) is 8.63. The van der Waals surface area contributed by atoms with E-state index in [1.54, 1.807) is 0 Å². The standard InChI is InChI=1S/C19H19NO/c1-14-6-4-9-16(12-14)21-13-19(20)18-11-5-8-15-7-2-3-10-17(15)18/h2-12,19H,13,20H2,1H3/t19-/m1/s1. The van der Waals surface area contributed by atoms with Crippen molar-refractivity contribution in [3.8, 4) is 5.75 Å². The van der Waals surface area contributed by atoms with Crippen LogP contribution in [0.25, 0.3) is 10.8 Å². The molecule has 0 radical (unpaired) electrons. The normalized spacial score (nSPS) is 12.3. The highest BCUT2D eigenvalue weighted by Crippen LogP contribution is 2.24. The highest BCUT2D eigenvalue weighted by atomic mass is 16.5. The minimum absolute atomic E-state index is 0.142. The van der Waals surface area contributed by atoms with Crippen LogP contribution in [0.2, 0.25) is 0 Å². The van der Waals surface area contributed by atoms with Crippen molar-refractivity contribution >= 4 is 10.8 Å². The minimum atomic E-state index is -0.142. The van der Waals surface area contributed by atoms with Gasteiger partial charge in [-0.15, -0.1) is 0 Å². The van der Waals surface area contributed by atoms with E-state index in [1.165, 1.54) is 16.3 Å². The van der Waals surface area contributed by atoms with Crippen LogP contribution in [0.4, 0.5) is 0 Å². The molecule has 3 aromatic rings. The van der Waals surface area contributed by atoms with Gasteiger partial charge in [-0.1, -0.05) is 54.6 Å². The molecule has 0 fully saturated rings. The lowest BCUT2D eigenvalue weighted by molar-refractivity contribution is 0.291. The summed E-state index contributed by atoms with van der Waals surface area (Å²) in [5, 5.41) is 2.40. The van der Waals surface area contributed by atoms with E-state index in [1.807, 2.05) is 36.4 Å². The summed E-state index contributed by atoms with van der Waals surface area (Å²) in [7, 11) is 0. The van der Waals surface area contributed by atoms with Gasteiger partial charge in [-0.2, -0.15) is 0 Å². The second kappa shape index (κ2) is 5.98. The Morgan fingerprint density at radius 2 is 1.71 bits per heavy atom. The molecule has 0 heterocycles. The lowest BCUT2D eigenvalue weighted by Crippen LogP contribution is -2.19. The third-order valence-electron chi connectivity index (χ3n) is 3.64. The van der Waals surface area contributed by atoms with Gasteiger partial charge >= 0.3 is 0 Å². The second-order valence-corrected chi connectivity index (χ2v) is 5.30. The third kappa shape index (κ3) is 3.06. The van der Waals surface area contributed by atoms with Gasteiger partial charge in [-0.25, -0.2) is 0 Å². The molecule has 0 unspecified atom stereocenters. The van der Waals surface area contributed by atoms with E-state index in [9.17, 15) is 0 Å². The van der Waals surface area contributed by atoms with Crippen molar-refractivity contribution in [2.45, 2.75) is 13.0 Å². The molecule has 0 amide bonds. The van der Waals surface area contributed by atoms with E-state index >= 15 is 0 Å². The van der Waals surface area contributed by atoms with Gasteiger partial charge in [0.15, 0.2) is 0 Å². The predicted octanol–water partition coefficient (Wildman–Crippen LogP) is 4.23. The fraction of sp³-hybridized carbons (Fsp3) is 0.158. The number of rotatable bonds is 4. The molecule has 0 saturated heterocycles. The molecule has 21 heavy (non-hydrogen) atoms. The second-order valence-electron chi connectivity index (χ2n) is 5.30. The third-order valence-corrected chi connectivity index (χ3v) is 3.64. The predicted molar refractivity (Wildman–Crippen MR) is 87.6 cm³/mol. The maximum Gasteiger partial charge on any atom is 0.119 e. The summed E-state index contributed by atoms with van der Waals surface area (Å²) in [5.74, 6) is 0.866. The molecule has 0 spiro atoms. The molecule has 0 bridgehead atoms.